The number of aliphatic hydroxyl groups excluding tert-OH is 1. The fourth-order valence-corrected chi connectivity index (χ4v) is 9.79. The Kier molecular flexibility index (Phi) is 6.14. The number of hydrogen-bond acceptors (Lipinski definition) is 2. The second kappa shape index (κ2) is 8.10. The van der Waals surface area contributed by atoms with Crippen LogP contribution in [0.2, 0.25) is 0 Å². The first-order valence-electron chi connectivity index (χ1n) is 13.4. The van der Waals surface area contributed by atoms with Crippen molar-refractivity contribution in [3.8, 4) is 0 Å². The molecule has 4 saturated carbocycles. The molecule has 4 fully saturated rings. The van der Waals surface area contributed by atoms with E-state index in [0.29, 0.717) is 33.9 Å². The molecule has 7 atom stereocenters. The van der Waals surface area contributed by atoms with Gasteiger partial charge in [0.25, 0.3) is 0 Å². The number of aliphatic hydroxyl groups is 1. The highest BCUT2D eigenvalue weighted by atomic mass is 16.3. The molecular weight excluding hydrogens is 392 g/mol. The quantitative estimate of drug-likeness (QED) is 0.449. The largest absolute Gasteiger partial charge is 0.392 e. The molecule has 2 nitrogen and oxygen atoms in total. The number of rotatable bonds is 5. The molecule has 2 heteroatoms. The highest BCUT2D eigenvalue weighted by Gasteiger charge is 2.68. The summed E-state index contributed by atoms with van der Waals surface area (Å²) in [5.74, 6) is 3.21. The van der Waals surface area contributed by atoms with E-state index in [4.69, 9.17) is 0 Å². The molecule has 7 unspecified atom stereocenters. The Morgan fingerprint density at radius 1 is 1.00 bits per heavy atom. The van der Waals surface area contributed by atoms with Gasteiger partial charge in [-0.05, 0) is 105 Å². The zero-order valence-corrected chi connectivity index (χ0v) is 21.7. The topological polar surface area (TPSA) is 37.3 Å². The van der Waals surface area contributed by atoms with Gasteiger partial charge in [0.05, 0.1) is 6.61 Å². The molecule has 32 heavy (non-hydrogen) atoms. The van der Waals surface area contributed by atoms with E-state index in [0.717, 1.165) is 43.1 Å². The molecule has 180 valence electrons. The van der Waals surface area contributed by atoms with Gasteiger partial charge in [-0.15, -0.1) is 0 Å². The first-order valence-corrected chi connectivity index (χ1v) is 13.4. The van der Waals surface area contributed by atoms with E-state index in [1.54, 1.807) is 0 Å². The van der Waals surface area contributed by atoms with E-state index in [2.05, 4.69) is 47.3 Å². The Balaban J connectivity index is 1.57. The Morgan fingerprint density at radius 2 is 1.69 bits per heavy atom. The number of carbonyl (C=O) groups excluding carboxylic acids is 1. The molecule has 0 bridgehead atoms. The van der Waals surface area contributed by atoms with Crippen molar-refractivity contribution in [2.45, 2.75) is 106 Å². The number of hydrogen-bond donors (Lipinski definition) is 1. The highest BCUT2D eigenvalue weighted by Crippen LogP contribution is 2.75. The predicted octanol–water partition coefficient (Wildman–Crippen LogP) is 7.52. The van der Waals surface area contributed by atoms with Crippen LogP contribution in [-0.4, -0.2) is 17.5 Å². The van der Waals surface area contributed by atoms with Crippen LogP contribution in [0.3, 0.4) is 0 Å². The lowest BCUT2D eigenvalue weighted by atomic mass is 9.35. The van der Waals surface area contributed by atoms with Crippen molar-refractivity contribution in [3.63, 3.8) is 0 Å². The maximum atomic E-state index is 12.8. The van der Waals surface area contributed by atoms with Gasteiger partial charge in [0.2, 0.25) is 0 Å². The molecule has 0 spiro atoms. The Bertz CT molecular complexity index is 806. The summed E-state index contributed by atoms with van der Waals surface area (Å²) in [6, 6.07) is 0. The number of fused-ring (bicyclic) bond motifs is 5. The summed E-state index contributed by atoms with van der Waals surface area (Å²) in [5, 5.41) is 9.28. The first-order chi connectivity index (χ1) is 14.9. The molecule has 4 aliphatic carbocycles. The smallest absolute Gasteiger partial charge is 0.138 e. The summed E-state index contributed by atoms with van der Waals surface area (Å²) >= 11 is 0. The zero-order chi connectivity index (χ0) is 23.5. The van der Waals surface area contributed by atoms with Crippen molar-refractivity contribution in [1.29, 1.82) is 0 Å². The number of carbonyl (C=O) groups is 1. The zero-order valence-electron chi connectivity index (χ0n) is 21.7. The van der Waals surface area contributed by atoms with Crippen molar-refractivity contribution < 1.29 is 9.90 Å². The van der Waals surface area contributed by atoms with Crippen LogP contribution >= 0.6 is 0 Å². The second-order valence-electron chi connectivity index (χ2n) is 13.4. The average Bonchev–Trinajstić information content (AvgIpc) is 3.09. The van der Waals surface area contributed by atoms with Crippen LogP contribution in [0.1, 0.15) is 106 Å². The van der Waals surface area contributed by atoms with Gasteiger partial charge in [-0.25, -0.2) is 0 Å². The third-order valence-corrected chi connectivity index (χ3v) is 11.9. The maximum Gasteiger partial charge on any atom is 0.138 e. The summed E-state index contributed by atoms with van der Waals surface area (Å²) in [6.07, 6.45) is 14.0. The van der Waals surface area contributed by atoms with Crippen LogP contribution in [0.15, 0.2) is 23.8 Å². The predicted molar refractivity (Wildman–Crippen MR) is 133 cm³/mol. The number of ketones is 1. The molecule has 4 rings (SSSR count). The maximum absolute atomic E-state index is 12.8. The van der Waals surface area contributed by atoms with Gasteiger partial charge < -0.3 is 5.11 Å². The minimum Gasteiger partial charge on any atom is -0.392 e. The summed E-state index contributed by atoms with van der Waals surface area (Å²) in [6.45, 7) is 19.1. The minimum atomic E-state index is -0.154. The Morgan fingerprint density at radius 3 is 2.38 bits per heavy atom. The van der Waals surface area contributed by atoms with E-state index < -0.39 is 0 Å². The van der Waals surface area contributed by atoms with Gasteiger partial charge in [0.15, 0.2) is 0 Å². The number of allylic oxidation sites excluding steroid dienone is 2. The van der Waals surface area contributed by atoms with Crippen molar-refractivity contribution in [1.82, 2.24) is 0 Å². The molecule has 0 aromatic rings. The van der Waals surface area contributed by atoms with E-state index in [-0.39, 0.29) is 12.0 Å². The molecule has 0 aromatic carbocycles. The van der Waals surface area contributed by atoms with Crippen LogP contribution in [0, 0.1) is 45.3 Å². The molecular formula is C30H48O2. The molecule has 4 aliphatic rings. The molecule has 0 heterocycles. The van der Waals surface area contributed by atoms with Gasteiger partial charge in [-0.3, -0.25) is 4.79 Å². The van der Waals surface area contributed by atoms with Crippen LogP contribution in [0.25, 0.3) is 0 Å². The summed E-state index contributed by atoms with van der Waals surface area (Å²) < 4.78 is 0. The minimum absolute atomic E-state index is 0.154. The molecule has 1 N–H and O–H groups in total. The second-order valence-corrected chi connectivity index (χ2v) is 13.4. The van der Waals surface area contributed by atoms with Crippen LogP contribution in [-0.2, 0) is 4.79 Å². The van der Waals surface area contributed by atoms with Crippen molar-refractivity contribution in [3.05, 3.63) is 23.8 Å². The fraction of sp³-hybridized carbons (Fsp3) is 0.833. The monoisotopic (exact) mass is 440 g/mol. The SMILES string of the molecule is C=C(CCC=C(C)CO)C1CCC2(C)C1CCC1C3(C)CCC(=O)C(C)(C)C3CCC12C. The van der Waals surface area contributed by atoms with Gasteiger partial charge in [0.1, 0.15) is 5.78 Å². The lowest BCUT2D eigenvalue weighted by Crippen LogP contribution is -2.63. The average molecular weight is 441 g/mol. The van der Waals surface area contributed by atoms with Crippen LogP contribution in [0.5, 0.6) is 0 Å². The highest BCUT2D eigenvalue weighted by molar-refractivity contribution is 5.85. The van der Waals surface area contributed by atoms with E-state index in [9.17, 15) is 9.90 Å². The summed E-state index contributed by atoms with van der Waals surface area (Å²) in [5.41, 5.74) is 3.44. The van der Waals surface area contributed by atoms with E-state index in [1.807, 2.05) is 6.92 Å². The lowest BCUT2D eigenvalue weighted by molar-refractivity contribution is -0.201. The summed E-state index contributed by atoms with van der Waals surface area (Å²) in [7, 11) is 0. The fourth-order valence-electron chi connectivity index (χ4n) is 9.79. The van der Waals surface area contributed by atoms with Crippen LogP contribution < -0.4 is 0 Å². The normalized spacial score (nSPS) is 45.7. The third kappa shape index (κ3) is 3.33. The number of Topliss-reactive ketones (excluding diaryl/α,β-unsaturated/α-hetero) is 1. The van der Waals surface area contributed by atoms with Crippen molar-refractivity contribution >= 4 is 5.78 Å². The van der Waals surface area contributed by atoms with Crippen LogP contribution in [0.4, 0.5) is 0 Å². The van der Waals surface area contributed by atoms with Crippen molar-refractivity contribution in [2.24, 2.45) is 45.3 Å². The molecule has 0 radical (unpaired) electrons. The lowest BCUT2D eigenvalue weighted by Gasteiger charge is -2.69. The third-order valence-electron chi connectivity index (χ3n) is 11.9. The molecule has 0 aromatic heterocycles. The Hall–Kier alpha value is -0.890. The van der Waals surface area contributed by atoms with Gasteiger partial charge in [-0.2, -0.15) is 0 Å². The Labute approximate surface area is 197 Å². The summed E-state index contributed by atoms with van der Waals surface area (Å²) in [4.78, 5) is 12.8. The van der Waals surface area contributed by atoms with Gasteiger partial charge in [0, 0.05) is 11.8 Å². The molecule has 0 aliphatic heterocycles. The van der Waals surface area contributed by atoms with Crippen molar-refractivity contribution in [2.75, 3.05) is 6.61 Å². The molecule has 0 amide bonds. The first kappa shape index (κ1) is 24.2. The van der Waals surface area contributed by atoms with E-state index >= 15 is 0 Å². The van der Waals surface area contributed by atoms with Gasteiger partial charge >= 0.3 is 0 Å². The van der Waals surface area contributed by atoms with E-state index in [1.165, 1.54) is 44.1 Å². The molecule has 0 saturated heterocycles. The standard InChI is InChI=1S/C30H48O2/c1-20(19-31)9-8-10-21(2)22-13-17-29(6)23(22)11-12-25-28(5)16-15-26(32)27(3,4)24(28)14-18-30(25,29)7/h9,22-25,31H,2,8,10-19H2,1,3-7H3. The van der Waals surface area contributed by atoms with Gasteiger partial charge in [-0.1, -0.05) is 58.4 Å².